The van der Waals surface area contributed by atoms with Gasteiger partial charge in [0.2, 0.25) is 5.91 Å². The standard InChI is InChI=1S/C23H29N3OS/c1-2-19-11-10-14-21(17-19)24-22(27)18-28-23(25-20-12-6-5-7-13-20)26-15-8-3-4-9-16-26/h5-7,10-14,17H,2-4,8-9,15-16,18H2,1H3,(H,24,27). The average Bonchev–Trinajstić information content (AvgIpc) is 3.01. The maximum Gasteiger partial charge on any atom is 0.234 e. The largest absolute Gasteiger partial charge is 0.351 e. The van der Waals surface area contributed by atoms with Crippen LogP contribution in [0.5, 0.6) is 0 Å². The van der Waals surface area contributed by atoms with Gasteiger partial charge < -0.3 is 10.2 Å². The van der Waals surface area contributed by atoms with Gasteiger partial charge in [0.1, 0.15) is 0 Å². The number of hydrogen-bond acceptors (Lipinski definition) is 3. The second-order valence-electron chi connectivity index (χ2n) is 7.02. The minimum Gasteiger partial charge on any atom is -0.351 e. The van der Waals surface area contributed by atoms with E-state index in [0.717, 1.165) is 36.1 Å². The van der Waals surface area contributed by atoms with Crippen molar-refractivity contribution in [2.24, 2.45) is 4.99 Å². The Morgan fingerprint density at radius 1 is 1.04 bits per heavy atom. The quantitative estimate of drug-likeness (QED) is 0.538. The molecule has 0 aliphatic carbocycles. The molecule has 0 aromatic heterocycles. The zero-order valence-electron chi connectivity index (χ0n) is 16.6. The molecule has 4 nitrogen and oxygen atoms in total. The topological polar surface area (TPSA) is 44.7 Å². The van der Waals surface area contributed by atoms with Crippen LogP contribution in [0.25, 0.3) is 0 Å². The van der Waals surface area contributed by atoms with E-state index < -0.39 is 0 Å². The first-order valence-corrected chi connectivity index (χ1v) is 11.1. The Morgan fingerprint density at radius 2 is 1.79 bits per heavy atom. The van der Waals surface area contributed by atoms with Crippen LogP contribution < -0.4 is 5.32 Å². The van der Waals surface area contributed by atoms with E-state index in [0.29, 0.717) is 5.75 Å². The van der Waals surface area contributed by atoms with Crippen molar-refractivity contribution in [3.8, 4) is 0 Å². The number of benzene rings is 2. The van der Waals surface area contributed by atoms with Crippen molar-refractivity contribution in [1.82, 2.24) is 4.90 Å². The number of amidine groups is 1. The molecule has 2 aromatic rings. The molecule has 1 heterocycles. The van der Waals surface area contributed by atoms with Crippen LogP contribution in [0.15, 0.2) is 59.6 Å². The molecule has 1 aliphatic rings. The van der Waals surface area contributed by atoms with Gasteiger partial charge in [0, 0.05) is 18.8 Å². The first-order chi connectivity index (χ1) is 13.7. The number of thioether (sulfide) groups is 1. The third kappa shape index (κ3) is 6.41. The highest BCUT2D eigenvalue weighted by Gasteiger charge is 2.16. The van der Waals surface area contributed by atoms with Crippen molar-refractivity contribution in [2.45, 2.75) is 39.0 Å². The molecule has 1 fully saturated rings. The molecule has 2 aromatic carbocycles. The fraction of sp³-hybridized carbons (Fsp3) is 0.391. The van der Waals surface area contributed by atoms with Gasteiger partial charge in [0.15, 0.2) is 5.17 Å². The van der Waals surface area contributed by atoms with Crippen LogP contribution in [-0.2, 0) is 11.2 Å². The number of anilines is 1. The molecular weight excluding hydrogens is 366 g/mol. The van der Waals surface area contributed by atoms with Gasteiger partial charge in [-0.1, -0.05) is 61.9 Å². The number of amides is 1. The Kier molecular flexibility index (Phi) is 7.97. The van der Waals surface area contributed by atoms with Crippen LogP contribution in [-0.4, -0.2) is 34.8 Å². The van der Waals surface area contributed by atoms with E-state index in [2.05, 4.69) is 23.2 Å². The summed E-state index contributed by atoms with van der Waals surface area (Å²) in [6.45, 7) is 4.14. The molecule has 0 unspecified atom stereocenters. The van der Waals surface area contributed by atoms with E-state index in [1.54, 1.807) is 0 Å². The van der Waals surface area contributed by atoms with Gasteiger partial charge in [0.05, 0.1) is 11.4 Å². The number of nitrogens with zero attached hydrogens (tertiary/aromatic N) is 2. The minimum atomic E-state index is 0.00818. The number of carbonyl (C=O) groups excluding carboxylic acids is 1. The molecule has 0 bridgehead atoms. The molecule has 5 heteroatoms. The van der Waals surface area contributed by atoms with Crippen molar-refractivity contribution < 1.29 is 4.79 Å². The first kappa shape index (κ1) is 20.5. The zero-order chi connectivity index (χ0) is 19.6. The molecule has 0 spiro atoms. The van der Waals surface area contributed by atoms with Crippen molar-refractivity contribution in [1.29, 1.82) is 0 Å². The highest BCUT2D eigenvalue weighted by Crippen LogP contribution is 2.21. The maximum atomic E-state index is 12.5. The summed E-state index contributed by atoms with van der Waals surface area (Å²) in [5.41, 5.74) is 3.02. The lowest BCUT2D eigenvalue weighted by Gasteiger charge is -2.23. The van der Waals surface area contributed by atoms with E-state index in [1.807, 2.05) is 48.5 Å². The third-order valence-corrected chi connectivity index (χ3v) is 5.82. The molecule has 0 saturated carbocycles. The average molecular weight is 396 g/mol. The molecular formula is C23H29N3OS. The summed E-state index contributed by atoms with van der Waals surface area (Å²) in [6, 6.07) is 18.0. The molecule has 3 rings (SSSR count). The third-order valence-electron chi connectivity index (χ3n) is 4.81. The SMILES string of the molecule is CCc1cccc(NC(=O)CSC(=Nc2ccccc2)N2CCCCCC2)c1. The molecule has 1 saturated heterocycles. The number of nitrogens with one attached hydrogen (secondary N) is 1. The summed E-state index contributed by atoms with van der Waals surface area (Å²) in [5, 5.41) is 3.97. The van der Waals surface area contributed by atoms with E-state index in [4.69, 9.17) is 4.99 Å². The van der Waals surface area contributed by atoms with Gasteiger partial charge in [-0.25, -0.2) is 4.99 Å². The number of aliphatic imine (C=N–C) groups is 1. The highest BCUT2D eigenvalue weighted by molar-refractivity contribution is 8.14. The number of aryl methyl sites for hydroxylation is 1. The fourth-order valence-electron chi connectivity index (χ4n) is 3.27. The normalized spacial score (nSPS) is 15.2. The van der Waals surface area contributed by atoms with Crippen LogP contribution >= 0.6 is 11.8 Å². The lowest BCUT2D eigenvalue weighted by molar-refractivity contribution is -0.113. The fourth-order valence-corrected chi connectivity index (χ4v) is 4.13. The van der Waals surface area contributed by atoms with Crippen molar-refractivity contribution >= 4 is 34.2 Å². The van der Waals surface area contributed by atoms with Crippen molar-refractivity contribution in [2.75, 3.05) is 24.2 Å². The Morgan fingerprint density at radius 3 is 2.50 bits per heavy atom. The van der Waals surface area contributed by atoms with Gasteiger partial charge in [-0.15, -0.1) is 0 Å². The van der Waals surface area contributed by atoms with E-state index in [9.17, 15) is 4.79 Å². The number of para-hydroxylation sites is 1. The number of rotatable bonds is 5. The van der Waals surface area contributed by atoms with Crippen LogP contribution in [0, 0.1) is 0 Å². The first-order valence-electron chi connectivity index (χ1n) is 10.1. The Labute approximate surface area is 172 Å². The molecule has 148 valence electrons. The van der Waals surface area contributed by atoms with Crippen LogP contribution in [0.4, 0.5) is 11.4 Å². The monoisotopic (exact) mass is 395 g/mol. The maximum absolute atomic E-state index is 12.5. The second kappa shape index (κ2) is 10.9. The minimum absolute atomic E-state index is 0.00818. The molecule has 1 aliphatic heterocycles. The predicted molar refractivity (Wildman–Crippen MR) is 120 cm³/mol. The number of carbonyl (C=O) groups is 1. The molecule has 28 heavy (non-hydrogen) atoms. The smallest absolute Gasteiger partial charge is 0.234 e. The Balaban J connectivity index is 1.66. The summed E-state index contributed by atoms with van der Waals surface area (Å²) in [7, 11) is 0. The molecule has 1 amide bonds. The molecule has 0 radical (unpaired) electrons. The molecule has 0 atom stereocenters. The Hall–Kier alpha value is -2.27. The number of likely N-dealkylation sites (tertiary alicyclic amines) is 1. The van der Waals surface area contributed by atoms with Gasteiger partial charge in [0.25, 0.3) is 0 Å². The van der Waals surface area contributed by atoms with E-state index in [1.165, 1.54) is 43.0 Å². The summed E-state index contributed by atoms with van der Waals surface area (Å²) in [5.74, 6) is 0.368. The second-order valence-corrected chi connectivity index (χ2v) is 7.96. The summed E-state index contributed by atoms with van der Waals surface area (Å²) < 4.78 is 0. The van der Waals surface area contributed by atoms with Gasteiger partial charge in [-0.3, -0.25) is 4.79 Å². The summed E-state index contributed by atoms with van der Waals surface area (Å²) in [4.78, 5) is 19.7. The van der Waals surface area contributed by atoms with Gasteiger partial charge >= 0.3 is 0 Å². The summed E-state index contributed by atoms with van der Waals surface area (Å²) >= 11 is 1.53. The van der Waals surface area contributed by atoms with Crippen molar-refractivity contribution in [3.63, 3.8) is 0 Å². The highest BCUT2D eigenvalue weighted by atomic mass is 32.2. The predicted octanol–water partition coefficient (Wildman–Crippen LogP) is 5.48. The van der Waals surface area contributed by atoms with E-state index in [-0.39, 0.29) is 5.91 Å². The number of hydrogen-bond donors (Lipinski definition) is 1. The van der Waals surface area contributed by atoms with E-state index >= 15 is 0 Å². The van der Waals surface area contributed by atoms with Gasteiger partial charge in [-0.05, 0) is 49.1 Å². The Bertz CT molecular complexity index is 783. The van der Waals surface area contributed by atoms with Gasteiger partial charge in [-0.2, -0.15) is 0 Å². The van der Waals surface area contributed by atoms with Crippen LogP contribution in [0.3, 0.4) is 0 Å². The lowest BCUT2D eigenvalue weighted by Crippen LogP contribution is -2.31. The lowest BCUT2D eigenvalue weighted by atomic mass is 10.1. The summed E-state index contributed by atoms with van der Waals surface area (Å²) in [6.07, 6.45) is 5.87. The van der Waals surface area contributed by atoms with Crippen molar-refractivity contribution in [3.05, 3.63) is 60.2 Å². The van der Waals surface area contributed by atoms with Crippen LogP contribution in [0.2, 0.25) is 0 Å². The molecule has 1 N–H and O–H groups in total. The zero-order valence-corrected chi connectivity index (χ0v) is 17.4. The van der Waals surface area contributed by atoms with Crippen LogP contribution in [0.1, 0.15) is 38.2 Å².